The topological polar surface area (TPSA) is 32.5 Å². The van der Waals surface area contributed by atoms with E-state index in [9.17, 15) is 17.6 Å². The number of oxazole rings is 1. The molecule has 1 aliphatic rings. The van der Waals surface area contributed by atoms with E-state index in [-0.39, 0.29) is 13.1 Å². The Morgan fingerprint density at radius 2 is 1.86 bits per heavy atom. The van der Waals surface area contributed by atoms with Crippen LogP contribution < -0.4 is 4.90 Å². The number of rotatable bonds is 2. The number of anilines is 1. The van der Waals surface area contributed by atoms with Gasteiger partial charge in [0.2, 0.25) is 0 Å². The van der Waals surface area contributed by atoms with Crippen LogP contribution in [0.1, 0.15) is 0 Å². The molecule has 21 heavy (non-hydrogen) atoms. The van der Waals surface area contributed by atoms with Gasteiger partial charge in [0, 0.05) is 32.2 Å². The van der Waals surface area contributed by atoms with Crippen LogP contribution in [0.4, 0.5) is 23.6 Å². The molecule has 1 fully saturated rings. The smallest absolute Gasteiger partial charge is 0.401 e. The number of benzene rings is 1. The third-order valence-electron chi connectivity index (χ3n) is 3.38. The first-order chi connectivity index (χ1) is 9.90. The Morgan fingerprint density at radius 1 is 1.14 bits per heavy atom. The average Bonchev–Trinajstić information content (AvgIpc) is 2.80. The lowest BCUT2D eigenvalue weighted by Gasteiger charge is -2.33. The zero-order valence-electron chi connectivity index (χ0n) is 11.0. The molecule has 0 atom stereocenters. The molecule has 2 heterocycles. The van der Waals surface area contributed by atoms with Gasteiger partial charge in [0.25, 0.3) is 6.01 Å². The lowest BCUT2D eigenvalue weighted by molar-refractivity contribution is -0.146. The van der Waals surface area contributed by atoms with E-state index in [1.54, 1.807) is 4.90 Å². The van der Waals surface area contributed by atoms with Gasteiger partial charge in [-0.2, -0.15) is 18.2 Å². The minimum Gasteiger partial charge on any atom is -0.423 e. The fraction of sp³-hybridized carbons (Fsp3) is 0.462. The van der Waals surface area contributed by atoms with Gasteiger partial charge >= 0.3 is 6.18 Å². The molecule has 4 nitrogen and oxygen atoms in total. The summed E-state index contributed by atoms with van der Waals surface area (Å²) in [6.07, 6.45) is -4.18. The molecule has 0 aliphatic carbocycles. The van der Waals surface area contributed by atoms with E-state index in [1.807, 2.05) is 0 Å². The number of fused-ring (bicyclic) bond motifs is 1. The van der Waals surface area contributed by atoms with Crippen LogP contribution in [0.5, 0.6) is 0 Å². The highest BCUT2D eigenvalue weighted by Gasteiger charge is 2.32. The molecule has 0 radical (unpaired) electrons. The number of hydrogen-bond donors (Lipinski definition) is 0. The Balaban J connectivity index is 1.68. The summed E-state index contributed by atoms with van der Waals surface area (Å²) in [5, 5.41) is 0. The molecule has 2 aromatic rings. The molecule has 8 heteroatoms. The van der Waals surface area contributed by atoms with Gasteiger partial charge in [0.1, 0.15) is 11.3 Å². The summed E-state index contributed by atoms with van der Waals surface area (Å²) < 4.78 is 55.5. The molecule has 1 aromatic carbocycles. The number of hydrogen-bond acceptors (Lipinski definition) is 4. The molecule has 0 unspecified atom stereocenters. The van der Waals surface area contributed by atoms with Crippen LogP contribution in [-0.4, -0.2) is 48.8 Å². The van der Waals surface area contributed by atoms with Gasteiger partial charge in [0.05, 0.1) is 6.54 Å². The summed E-state index contributed by atoms with van der Waals surface area (Å²) in [6, 6.07) is 4.36. The second kappa shape index (κ2) is 5.18. The van der Waals surface area contributed by atoms with E-state index in [1.165, 1.54) is 23.1 Å². The lowest BCUT2D eigenvalue weighted by atomic mass is 10.3. The quantitative estimate of drug-likeness (QED) is 0.799. The number of aromatic nitrogens is 1. The van der Waals surface area contributed by atoms with Crippen LogP contribution in [0.3, 0.4) is 0 Å². The first-order valence-corrected chi connectivity index (χ1v) is 6.51. The van der Waals surface area contributed by atoms with E-state index in [0.717, 1.165) is 0 Å². The van der Waals surface area contributed by atoms with Gasteiger partial charge in [-0.25, -0.2) is 4.39 Å². The molecule has 0 amide bonds. The minimum atomic E-state index is -4.18. The maximum absolute atomic E-state index is 13.1. The van der Waals surface area contributed by atoms with Crippen molar-refractivity contribution in [3.8, 4) is 0 Å². The summed E-state index contributed by atoms with van der Waals surface area (Å²) >= 11 is 0. The summed E-state index contributed by atoms with van der Waals surface area (Å²) in [5.41, 5.74) is 0.867. The van der Waals surface area contributed by atoms with Crippen LogP contribution in [0.2, 0.25) is 0 Å². The van der Waals surface area contributed by atoms with Crippen molar-refractivity contribution in [3.05, 3.63) is 24.0 Å². The molecule has 0 bridgehead atoms. The van der Waals surface area contributed by atoms with Crippen molar-refractivity contribution in [1.29, 1.82) is 0 Å². The van der Waals surface area contributed by atoms with E-state index in [2.05, 4.69) is 4.98 Å². The zero-order valence-corrected chi connectivity index (χ0v) is 11.0. The van der Waals surface area contributed by atoms with Gasteiger partial charge in [-0.1, -0.05) is 0 Å². The molecular weight excluding hydrogens is 290 g/mol. The number of alkyl halides is 3. The fourth-order valence-electron chi connectivity index (χ4n) is 2.37. The van der Waals surface area contributed by atoms with Crippen molar-refractivity contribution in [2.45, 2.75) is 6.18 Å². The standard InChI is InChI=1S/C13H13F4N3O/c14-9-1-2-10-11(7-9)21-12(18-10)20-5-3-19(4-6-20)8-13(15,16)17/h1-2,7H,3-6,8H2. The molecule has 114 valence electrons. The van der Waals surface area contributed by atoms with Crippen molar-refractivity contribution in [2.75, 3.05) is 37.6 Å². The van der Waals surface area contributed by atoms with Crippen molar-refractivity contribution < 1.29 is 22.0 Å². The largest absolute Gasteiger partial charge is 0.423 e. The molecule has 3 rings (SSSR count). The Morgan fingerprint density at radius 3 is 2.52 bits per heavy atom. The van der Waals surface area contributed by atoms with Gasteiger partial charge in [-0.3, -0.25) is 4.90 Å². The maximum atomic E-state index is 13.1. The third kappa shape index (κ3) is 3.26. The van der Waals surface area contributed by atoms with Crippen LogP contribution in [0.25, 0.3) is 11.1 Å². The zero-order chi connectivity index (χ0) is 15.0. The van der Waals surface area contributed by atoms with Crippen molar-refractivity contribution in [1.82, 2.24) is 9.88 Å². The molecular formula is C13H13F4N3O. The Hall–Kier alpha value is -1.83. The molecule has 1 saturated heterocycles. The van der Waals surface area contributed by atoms with Gasteiger partial charge in [-0.05, 0) is 12.1 Å². The minimum absolute atomic E-state index is 0.284. The summed E-state index contributed by atoms with van der Waals surface area (Å²) in [5.74, 6) is -0.416. The monoisotopic (exact) mass is 303 g/mol. The lowest BCUT2D eigenvalue weighted by Crippen LogP contribution is -2.49. The number of piperazine rings is 1. The van der Waals surface area contributed by atoms with E-state index >= 15 is 0 Å². The van der Waals surface area contributed by atoms with Crippen molar-refractivity contribution >= 4 is 17.1 Å². The van der Waals surface area contributed by atoms with Crippen LogP contribution in [-0.2, 0) is 0 Å². The first kappa shape index (κ1) is 14.1. The van der Waals surface area contributed by atoms with E-state index in [0.29, 0.717) is 30.2 Å². The normalized spacial score (nSPS) is 17.6. The Labute approximate surface area is 117 Å². The predicted molar refractivity (Wildman–Crippen MR) is 68.7 cm³/mol. The van der Waals surface area contributed by atoms with Gasteiger partial charge in [0.15, 0.2) is 5.58 Å². The van der Waals surface area contributed by atoms with Crippen molar-refractivity contribution in [2.24, 2.45) is 0 Å². The second-order valence-corrected chi connectivity index (χ2v) is 4.99. The van der Waals surface area contributed by atoms with Crippen LogP contribution >= 0.6 is 0 Å². The van der Waals surface area contributed by atoms with Gasteiger partial charge < -0.3 is 9.32 Å². The summed E-state index contributed by atoms with van der Waals surface area (Å²) in [7, 11) is 0. The summed E-state index contributed by atoms with van der Waals surface area (Å²) in [4.78, 5) is 7.34. The highest BCUT2D eigenvalue weighted by molar-refractivity contribution is 5.74. The third-order valence-corrected chi connectivity index (χ3v) is 3.38. The van der Waals surface area contributed by atoms with Crippen molar-refractivity contribution in [3.63, 3.8) is 0 Å². The first-order valence-electron chi connectivity index (χ1n) is 6.51. The molecule has 0 N–H and O–H groups in total. The number of nitrogens with zero attached hydrogens (tertiary/aromatic N) is 3. The highest BCUT2D eigenvalue weighted by atomic mass is 19.4. The fourth-order valence-corrected chi connectivity index (χ4v) is 2.37. The SMILES string of the molecule is Fc1ccc2nc(N3CCN(CC(F)(F)F)CC3)oc2c1. The molecule has 0 saturated carbocycles. The predicted octanol–water partition coefficient (Wildman–Crippen LogP) is 2.65. The van der Waals surface area contributed by atoms with E-state index < -0.39 is 18.5 Å². The van der Waals surface area contributed by atoms with Crippen LogP contribution in [0.15, 0.2) is 22.6 Å². The maximum Gasteiger partial charge on any atom is 0.401 e. The number of halogens is 4. The van der Waals surface area contributed by atoms with E-state index in [4.69, 9.17) is 4.42 Å². The molecule has 1 aromatic heterocycles. The average molecular weight is 303 g/mol. The Bertz CT molecular complexity index is 632. The summed E-state index contributed by atoms with van der Waals surface area (Å²) in [6.45, 7) is 0.454. The second-order valence-electron chi connectivity index (χ2n) is 4.99. The molecule has 1 aliphatic heterocycles. The van der Waals surface area contributed by atoms with Crippen LogP contribution in [0, 0.1) is 5.82 Å². The Kier molecular flexibility index (Phi) is 3.48. The highest BCUT2D eigenvalue weighted by Crippen LogP contribution is 2.24. The molecule has 0 spiro atoms. The van der Waals surface area contributed by atoms with Gasteiger partial charge in [-0.15, -0.1) is 0 Å².